The molecule has 2 aliphatic carbocycles. The summed E-state index contributed by atoms with van der Waals surface area (Å²) in [5.74, 6) is 1.26. The zero-order valence-electron chi connectivity index (χ0n) is 12.5. The molecule has 2 saturated carbocycles. The molecule has 0 saturated heterocycles. The van der Waals surface area contributed by atoms with Crippen LogP contribution in [0.3, 0.4) is 0 Å². The molecule has 1 aromatic heterocycles. The van der Waals surface area contributed by atoms with Gasteiger partial charge < -0.3 is 11.1 Å². The topological polar surface area (TPSA) is 80.9 Å². The Bertz CT molecular complexity index is 490. The second-order valence-electron chi connectivity index (χ2n) is 6.44. The number of fused-ring (bicyclic) bond motifs is 2. The highest BCUT2D eigenvalue weighted by molar-refractivity contribution is 7.15. The number of aryl methyl sites for hydroxylation is 1. The van der Waals surface area contributed by atoms with Gasteiger partial charge in [-0.3, -0.25) is 4.79 Å². The number of amides is 1. The SMILES string of the molecule is CCCc1nnc(NC(=O)C2CC3CCCC(C2)C3N)s1. The van der Waals surface area contributed by atoms with Crippen LogP contribution in [-0.4, -0.2) is 22.1 Å². The molecule has 3 rings (SSSR count). The number of hydrogen-bond acceptors (Lipinski definition) is 5. The van der Waals surface area contributed by atoms with Gasteiger partial charge in [-0.05, 0) is 43.9 Å². The standard InChI is InChI=1S/C15H24N4OS/c1-2-4-12-18-19-15(21-12)17-14(20)11-7-9-5-3-6-10(8-11)13(9)16/h9-11,13H,2-8,16H2,1H3,(H,17,19,20). The summed E-state index contributed by atoms with van der Waals surface area (Å²) in [6, 6.07) is 0.306. The van der Waals surface area contributed by atoms with E-state index in [9.17, 15) is 4.79 Å². The van der Waals surface area contributed by atoms with Gasteiger partial charge in [0.2, 0.25) is 11.0 Å². The number of hydrogen-bond donors (Lipinski definition) is 2. The van der Waals surface area contributed by atoms with Crippen LogP contribution in [0.2, 0.25) is 0 Å². The van der Waals surface area contributed by atoms with Gasteiger partial charge in [-0.1, -0.05) is 24.7 Å². The largest absolute Gasteiger partial charge is 0.327 e. The van der Waals surface area contributed by atoms with Gasteiger partial charge in [0.1, 0.15) is 5.01 Å². The van der Waals surface area contributed by atoms with Crippen LogP contribution in [0.4, 0.5) is 5.13 Å². The second-order valence-corrected chi connectivity index (χ2v) is 7.50. The Labute approximate surface area is 129 Å². The molecule has 1 amide bonds. The Morgan fingerprint density at radius 2 is 2.05 bits per heavy atom. The number of carbonyl (C=O) groups is 1. The molecule has 2 fully saturated rings. The van der Waals surface area contributed by atoms with Crippen molar-refractivity contribution in [2.45, 2.75) is 57.9 Å². The van der Waals surface area contributed by atoms with Crippen LogP contribution in [0.5, 0.6) is 0 Å². The highest BCUT2D eigenvalue weighted by Crippen LogP contribution is 2.42. The first kappa shape index (κ1) is 14.9. The zero-order valence-corrected chi connectivity index (χ0v) is 13.4. The summed E-state index contributed by atoms with van der Waals surface area (Å²) in [5.41, 5.74) is 6.28. The van der Waals surface area contributed by atoms with Crippen molar-refractivity contribution in [3.05, 3.63) is 5.01 Å². The first-order valence-electron chi connectivity index (χ1n) is 8.06. The molecular weight excluding hydrogens is 284 g/mol. The summed E-state index contributed by atoms with van der Waals surface area (Å²) in [7, 11) is 0. The maximum atomic E-state index is 12.5. The van der Waals surface area contributed by atoms with Crippen molar-refractivity contribution in [2.75, 3.05) is 5.32 Å². The Morgan fingerprint density at radius 3 is 2.71 bits per heavy atom. The summed E-state index contributed by atoms with van der Waals surface area (Å²) >= 11 is 1.49. The van der Waals surface area contributed by atoms with Crippen LogP contribution in [0.1, 0.15) is 50.5 Å². The van der Waals surface area contributed by atoms with E-state index in [0.717, 1.165) is 30.7 Å². The van der Waals surface area contributed by atoms with Gasteiger partial charge >= 0.3 is 0 Å². The summed E-state index contributed by atoms with van der Waals surface area (Å²) in [5, 5.41) is 12.8. The minimum atomic E-state index is 0.0959. The number of nitrogens with one attached hydrogen (secondary N) is 1. The third kappa shape index (κ3) is 3.26. The number of anilines is 1. The lowest BCUT2D eigenvalue weighted by Gasteiger charge is -2.43. The molecule has 2 unspecified atom stereocenters. The van der Waals surface area contributed by atoms with Crippen LogP contribution in [0, 0.1) is 17.8 Å². The van der Waals surface area contributed by atoms with E-state index in [1.54, 1.807) is 0 Å². The average Bonchev–Trinajstić information content (AvgIpc) is 2.86. The van der Waals surface area contributed by atoms with E-state index < -0.39 is 0 Å². The van der Waals surface area contributed by atoms with E-state index in [4.69, 9.17) is 5.73 Å². The van der Waals surface area contributed by atoms with Crippen molar-refractivity contribution in [3.63, 3.8) is 0 Å². The van der Waals surface area contributed by atoms with E-state index in [1.807, 2.05) is 0 Å². The fourth-order valence-electron chi connectivity index (χ4n) is 3.83. The van der Waals surface area contributed by atoms with E-state index >= 15 is 0 Å². The predicted molar refractivity (Wildman–Crippen MR) is 84.1 cm³/mol. The number of aromatic nitrogens is 2. The molecule has 0 radical (unpaired) electrons. The number of carbonyl (C=O) groups excluding carboxylic acids is 1. The maximum Gasteiger partial charge on any atom is 0.229 e. The van der Waals surface area contributed by atoms with Gasteiger partial charge in [0.25, 0.3) is 0 Å². The van der Waals surface area contributed by atoms with Gasteiger partial charge in [-0.2, -0.15) is 0 Å². The van der Waals surface area contributed by atoms with E-state index in [2.05, 4.69) is 22.4 Å². The minimum absolute atomic E-state index is 0.0959. The Balaban J connectivity index is 1.60. The molecule has 5 nitrogen and oxygen atoms in total. The molecule has 1 heterocycles. The van der Waals surface area contributed by atoms with Crippen LogP contribution < -0.4 is 11.1 Å². The third-order valence-electron chi connectivity index (χ3n) is 4.94. The van der Waals surface area contributed by atoms with Crippen LogP contribution in [0.15, 0.2) is 0 Å². The van der Waals surface area contributed by atoms with Crippen molar-refractivity contribution < 1.29 is 4.79 Å². The molecule has 2 aliphatic rings. The zero-order chi connectivity index (χ0) is 14.8. The third-order valence-corrected chi connectivity index (χ3v) is 5.84. The molecule has 0 spiro atoms. The van der Waals surface area contributed by atoms with Crippen LogP contribution in [0.25, 0.3) is 0 Å². The molecule has 2 atom stereocenters. The van der Waals surface area contributed by atoms with E-state index in [-0.39, 0.29) is 11.8 Å². The molecule has 2 bridgehead atoms. The number of nitrogens with two attached hydrogens (primary N) is 1. The predicted octanol–water partition coefficient (Wildman–Crippen LogP) is 2.58. The fraction of sp³-hybridized carbons (Fsp3) is 0.800. The molecule has 6 heteroatoms. The lowest BCUT2D eigenvalue weighted by atomic mass is 9.65. The summed E-state index contributed by atoms with van der Waals surface area (Å²) < 4.78 is 0. The summed E-state index contributed by atoms with van der Waals surface area (Å²) in [4.78, 5) is 12.5. The minimum Gasteiger partial charge on any atom is -0.327 e. The quantitative estimate of drug-likeness (QED) is 0.896. The van der Waals surface area contributed by atoms with E-state index in [1.165, 1.54) is 30.6 Å². The van der Waals surface area contributed by atoms with Crippen LogP contribution >= 0.6 is 11.3 Å². The van der Waals surface area contributed by atoms with Crippen molar-refractivity contribution in [3.8, 4) is 0 Å². The molecule has 0 aliphatic heterocycles. The van der Waals surface area contributed by atoms with E-state index in [0.29, 0.717) is 23.0 Å². The van der Waals surface area contributed by atoms with Gasteiger partial charge in [0.15, 0.2) is 0 Å². The molecule has 116 valence electrons. The first-order valence-corrected chi connectivity index (χ1v) is 8.87. The molecule has 21 heavy (non-hydrogen) atoms. The van der Waals surface area contributed by atoms with Crippen molar-refractivity contribution in [1.29, 1.82) is 0 Å². The normalized spacial score (nSPS) is 31.9. The maximum absolute atomic E-state index is 12.5. The molecular formula is C15H24N4OS. The van der Waals surface area contributed by atoms with Crippen LogP contribution in [-0.2, 0) is 11.2 Å². The van der Waals surface area contributed by atoms with Gasteiger partial charge in [-0.15, -0.1) is 10.2 Å². The van der Waals surface area contributed by atoms with Crippen molar-refractivity contribution in [2.24, 2.45) is 23.5 Å². The molecule has 1 aromatic rings. The van der Waals surface area contributed by atoms with Crippen molar-refractivity contribution in [1.82, 2.24) is 10.2 Å². The highest BCUT2D eigenvalue weighted by Gasteiger charge is 2.40. The Kier molecular flexibility index (Phi) is 4.54. The lowest BCUT2D eigenvalue weighted by Crippen LogP contribution is -2.48. The summed E-state index contributed by atoms with van der Waals surface area (Å²) in [6.45, 7) is 2.11. The number of nitrogens with zero attached hydrogens (tertiary/aromatic N) is 2. The first-order chi connectivity index (χ1) is 10.2. The van der Waals surface area contributed by atoms with Gasteiger partial charge in [-0.25, -0.2) is 0 Å². The monoisotopic (exact) mass is 308 g/mol. The number of rotatable bonds is 4. The average molecular weight is 308 g/mol. The molecule has 0 aromatic carbocycles. The Morgan fingerprint density at radius 1 is 1.33 bits per heavy atom. The lowest BCUT2D eigenvalue weighted by molar-refractivity contribution is -0.122. The second kappa shape index (κ2) is 6.40. The summed E-state index contributed by atoms with van der Waals surface area (Å²) in [6.07, 6.45) is 7.48. The highest BCUT2D eigenvalue weighted by atomic mass is 32.1. The van der Waals surface area contributed by atoms with Crippen molar-refractivity contribution >= 4 is 22.4 Å². The molecule has 3 N–H and O–H groups in total. The van der Waals surface area contributed by atoms with Gasteiger partial charge in [0.05, 0.1) is 0 Å². The Hall–Kier alpha value is -1.01. The smallest absolute Gasteiger partial charge is 0.229 e. The van der Waals surface area contributed by atoms with Gasteiger partial charge in [0, 0.05) is 18.4 Å². The fourth-order valence-corrected chi connectivity index (χ4v) is 4.67.